The maximum absolute atomic E-state index is 12.0. The predicted octanol–water partition coefficient (Wildman–Crippen LogP) is 4.33. The monoisotopic (exact) mass is 455 g/mol. The van der Waals surface area contributed by atoms with Crippen molar-refractivity contribution in [2.24, 2.45) is 0 Å². The van der Waals surface area contributed by atoms with Gasteiger partial charge in [0, 0.05) is 8.95 Å². The zero-order chi connectivity index (χ0) is 17.9. The van der Waals surface area contributed by atoms with Crippen LogP contribution >= 0.6 is 31.9 Å². The maximum atomic E-state index is 12.0. The molecular weight excluding hydrogens is 442 g/mol. The molecule has 2 aromatic carbocycles. The zero-order valence-corrected chi connectivity index (χ0v) is 16.2. The highest BCUT2D eigenvalue weighted by molar-refractivity contribution is 9.11. The third-order valence-electron chi connectivity index (χ3n) is 3.16. The predicted molar refractivity (Wildman–Crippen MR) is 98.3 cm³/mol. The first-order valence-corrected chi connectivity index (χ1v) is 8.58. The summed E-state index contributed by atoms with van der Waals surface area (Å²) in [6, 6.07) is 8.31. The van der Waals surface area contributed by atoms with E-state index in [-0.39, 0.29) is 11.3 Å². The molecule has 0 aliphatic carbocycles. The van der Waals surface area contributed by atoms with Gasteiger partial charge in [0.1, 0.15) is 11.3 Å². The Kier molecular flexibility index (Phi) is 6.01. The number of hydrogen-bond acceptors (Lipinski definition) is 4. The molecule has 2 rings (SSSR count). The van der Waals surface area contributed by atoms with Crippen molar-refractivity contribution in [2.45, 2.75) is 13.8 Å². The number of benzene rings is 2. The van der Waals surface area contributed by atoms with Gasteiger partial charge in [-0.25, -0.2) is 4.79 Å². The minimum atomic E-state index is -0.760. The van der Waals surface area contributed by atoms with Gasteiger partial charge in [-0.3, -0.25) is 4.79 Å². The normalized spacial score (nSPS) is 10.3. The average Bonchev–Trinajstić information content (AvgIpc) is 2.48. The van der Waals surface area contributed by atoms with Crippen LogP contribution in [0, 0.1) is 13.8 Å². The first-order chi connectivity index (χ1) is 11.3. The van der Waals surface area contributed by atoms with Crippen LogP contribution in [0.25, 0.3) is 0 Å². The van der Waals surface area contributed by atoms with E-state index in [1.165, 1.54) is 12.1 Å². The summed E-state index contributed by atoms with van der Waals surface area (Å²) in [6.45, 7) is 3.26. The highest BCUT2D eigenvalue weighted by Crippen LogP contribution is 2.32. The molecule has 0 atom stereocenters. The summed E-state index contributed by atoms with van der Waals surface area (Å²) in [4.78, 5) is 23.9. The van der Waals surface area contributed by atoms with Crippen LogP contribution in [0.15, 0.2) is 39.3 Å². The lowest BCUT2D eigenvalue weighted by molar-refractivity contribution is -0.119. The van der Waals surface area contributed by atoms with Crippen LogP contribution in [0.5, 0.6) is 5.75 Å². The molecule has 2 aromatic rings. The third kappa shape index (κ3) is 4.58. The number of phenols is 1. The molecule has 0 heterocycles. The Morgan fingerprint density at radius 3 is 2.29 bits per heavy atom. The van der Waals surface area contributed by atoms with E-state index < -0.39 is 18.5 Å². The Labute approximate surface area is 156 Å². The summed E-state index contributed by atoms with van der Waals surface area (Å²) in [5.41, 5.74) is 2.41. The summed E-state index contributed by atoms with van der Waals surface area (Å²) in [5, 5.41) is 12.4. The lowest BCUT2D eigenvalue weighted by atomic mass is 10.1. The van der Waals surface area contributed by atoms with Crippen LogP contribution in [0.2, 0.25) is 0 Å². The zero-order valence-electron chi connectivity index (χ0n) is 13.0. The Balaban J connectivity index is 2.00. The summed E-state index contributed by atoms with van der Waals surface area (Å²) in [7, 11) is 0. The van der Waals surface area contributed by atoms with E-state index in [0.29, 0.717) is 14.6 Å². The number of nitrogens with one attached hydrogen (secondary N) is 1. The largest absolute Gasteiger partial charge is 0.507 e. The summed E-state index contributed by atoms with van der Waals surface area (Å²) in [5.74, 6) is -1.42. The van der Waals surface area contributed by atoms with Crippen molar-refractivity contribution < 1.29 is 19.4 Å². The van der Waals surface area contributed by atoms with Crippen LogP contribution in [0.3, 0.4) is 0 Å². The topological polar surface area (TPSA) is 75.6 Å². The number of aryl methyl sites for hydroxylation is 2. The second kappa shape index (κ2) is 7.81. The molecule has 1 amide bonds. The van der Waals surface area contributed by atoms with Gasteiger partial charge < -0.3 is 15.2 Å². The van der Waals surface area contributed by atoms with Gasteiger partial charge in [0.15, 0.2) is 6.61 Å². The molecule has 0 bridgehead atoms. The minimum absolute atomic E-state index is 0.0195. The minimum Gasteiger partial charge on any atom is -0.507 e. The summed E-state index contributed by atoms with van der Waals surface area (Å²) < 4.78 is 6.37. The van der Waals surface area contributed by atoms with E-state index in [1.807, 2.05) is 19.1 Å². The fourth-order valence-corrected chi connectivity index (χ4v) is 3.63. The Hall–Kier alpha value is -1.86. The average molecular weight is 457 g/mol. The maximum Gasteiger partial charge on any atom is 0.342 e. The number of rotatable bonds is 4. The van der Waals surface area contributed by atoms with Gasteiger partial charge in [-0.05, 0) is 81.1 Å². The lowest BCUT2D eigenvalue weighted by Crippen LogP contribution is -2.21. The number of esters is 1. The first-order valence-electron chi connectivity index (χ1n) is 7.00. The number of halogens is 2. The number of phenolic OH excluding ortho intramolecular Hbond substituents is 1. The summed E-state index contributed by atoms with van der Waals surface area (Å²) in [6.07, 6.45) is 0. The standard InChI is InChI=1S/C17H15Br2NO4/c1-9-3-4-11(14(21)7-9)17(23)24-8-15(22)20-16-12(18)5-10(2)6-13(16)19/h3-7,21H,8H2,1-2H3,(H,20,22). The van der Waals surface area contributed by atoms with Crippen LogP contribution < -0.4 is 5.32 Å². The Morgan fingerprint density at radius 1 is 1.08 bits per heavy atom. The second-order valence-corrected chi connectivity index (χ2v) is 6.96. The fraction of sp³-hybridized carbons (Fsp3) is 0.176. The number of amides is 1. The highest BCUT2D eigenvalue weighted by Gasteiger charge is 2.16. The molecule has 5 nitrogen and oxygen atoms in total. The van der Waals surface area contributed by atoms with Crippen molar-refractivity contribution in [2.75, 3.05) is 11.9 Å². The van der Waals surface area contributed by atoms with Crippen LogP contribution in [0.1, 0.15) is 21.5 Å². The molecule has 0 spiro atoms. The van der Waals surface area contributed by atoms with Crippen LogP contribution in [0.4, 0.5) is 5.69 Å². The Bertz CT molecular complexity index is 782. The molecule has 2 N–H and O–H groups in total. The van der Waals surface area contributed by atoms with E-state index in [1.54, 1.807) is 13.0 Å². The number of ether oxygens (including phenoxy) is 1. The van der Waals surface area contributed by atoms with Crippen molar-refractivity contribution >= 4 is 49.4 Å². The van der Waals surface area contributed by atoms with Crippen molar-refractivity contribution in [3.05, 3.63) is 56.0 Å². The number of anilines is 1. The molecule has 0 aromatic heterocycles. The smallest absolute Gasteiger partial charge is 0.342 e. The van der Waals surface area contributed by atoms with Gasteiger partial charge in [0.05, 0.1) is 5.69 Å². The number of hydrogen-bond donors (Lipinski definition) is 2. The SMILES string of the molecule is Cc1ccc(C(=O)OCC(=O)Nc2c(Br)cc(C)cc2Br)c(O)c1. The molecule has 0 aliphatic rings. The molecule has 24 heavy (non-hydrogen) atoms. The summed E-state index contributed by atoms with van der Waals surface area (Å²) >= 11 is 6.75. The third-order valence-corrected chi connectivity index (χ3v) is 4.41. The Morgan fingerprint density at radius 2 is 1.71 bits per heavy atom. The van der Waals surface area contributed by atoms with Gasteiger partial charge >= 0.3 is 5.97 Å². The molecule has 0 unspecified atom stereocenters. The van der Waals surface area contributed by atoms with Gasteiger partial charge in [0.2, 0.25) is 0 Å². The fourth-order valence-electron chi connectivity index (χ4n) is 2.02. The quantitative estimate of drug-likeness (QED) is 0.671. The second-order valence-electron chi connectivity index (χ2n) is 5.25. The molecule has 0 aliphatic heterocycles. The molecule has 0 saturated heterocycles. The van der Waals surface area contributed by atoms with Gasteiger partial charge in [-0.15, -0.1) is 0 Å². The highest BCUT2D eigenvalue weighted by atomic mass is 79.9. The van der Waals surface area contributed by atoms with E-state index in [4.69, 9.17) is 4.74 Å². The van der Waals surface area contributed by atoms with Crippen molar-refractivity contribution in [1.29, 1.82) is 0 Å². The van der Waals surface area contributed by atoms with E-state index in [9.17, 15) is 14.7 Å². The number of carbonyl (C=O) groups is 2. The first kappa shape index (κ1) is 18.5. The molecule has 0 fully saturated rings. The molecular formula is C17H15Br2NO4. The number of aromatic hydroxyl groups is 1. The number of carbonyl (C=O) groups excluding carboxylic acids is 2. The van der Waals surface area contributed by atoms with Crippen LogP contribution in [-0.2, 0) is 9.53 Å². The van der Waals surface area contributed by atoms with E-state index in [0.717, 1.165) is 11.1 Å². The molecule has 126 valence electrons. The van der Waals surface area contributed by atoms with E-state index >= 15 is 0 Å². The van der Waals surface area contributed by atoms with Crippen molar-refractivity contribution in [3.63, 3.8) is 0 Å². The van der Waals surface area contributed by atoms with E-state index in [2.05, 4.69) is 37.2 Å². The van der Waals surface area contributed by atoms with Gasteiger partial charge in [0.25, 0.3) is 5.91 Å². The van der Waals surface area contributed by atoms with Crippen LogP contribution in [-0.4, -0.2) is 23.6 Å². The lowest BCUT2D eigenvalue weighted by Gasteiger charge is -2.11. The molecule has 7 heteroatoms. The molecule has 0 saturated carbocycles. The van der Waals surface area contributed by atoms with Crippen molar-refractivity contribution in [3.8, 4) is 5.75 Å². The van der Waals surface area contributed by atoms with Gasteiger partial charge in [-0.1, -0.05) is 6.07 Å². The molecule has 0 radical (unpaired) electrons. The van der Waals surface area contributed by atoms with Crippen molar-refractivity contribution in [1.82, 2.24) is 0 Å². The van der Waals surface area contributed by atoms with Gasteiger partial charge in [-0.2, -0.15) is 0 Å².